The number of halogens is 1. The van der Waals surface area contributed by atoms with Crippen molar-refractivity contribution in [3.63, 3.8) is 0 Å². The van der Waals surface area contributed by atoms with Gasteiger partial charge in [-0.3, -0.25) is 14.3 Å². The number of aromatic nitrogens is 2. The molecule has 2 amide bonds. The number of hydrogen-bond donors (Lipinski definition) is 2. The molecule has 26 heavy (non-hydrogen) atoms. The monoisotopic (exact) mass is 387 g/mol. The van der Waals surface area contributed by atoms with Crippen LogP contribution in [-0.4, -0.2) is 57.8 Å². The van der Waals surface area contributed by atoms with Crippen molar-refractivity contribution in [1.29, 1.82) is 0 Å². The Morgan fingerprint density at radius 2 is 2.00 bits per heavy atom. The Balaban J connectivity index is 0.00000338. The fourth-order valence-corrected chi connectivity index (χ4v) is 2.87. The molecule has 1 aromatic rings. The van der Waals surface area contributed by atoms with E-state index in [1.54, 1.807) is 11.1 Å². The molecule has 9 heteroatoms. The van der Waals surface area contributed by atoms with E-state index in [1.165, 1.54) is 10.9 Å². The van der Waals surface area contributed by atoms with E-state index >= 15 is 0 Å². The average Bonchev–Trinajstić information content (AvgIpc) is 2.99. The number of hydrogen-bond acceptors (Lipinski definition) is 5. The molecule has 3 N–H and O–H groups in total. The Hall–Kier alpha value is -1.64. The maximum absolute atomic E-state index is 12.4. The molecule has 1 saturated heterocycles. The van der Waals surface area contributed by atoms with Crippen LogP contribution in [0.3, 0.4) is 0 Å². The number of carbonyl (C=O) groups is 2. The highest BCUT2D eigenvalue weighted by Gasteiger charge is 2.26. The van der Waals surface area contributed by atoms with Crippen molar-refractivity contribution >= 4 is 29.9 Å². The highest BCUT2D eigenvalue weighted by molar-refractivity contribution is 5.94. The Bertz CT molecular complexity index is 599. The first-order chi connectivity index (χ1) is 11.8. The van der Waals surface area contributed by atoms with Crippen LogP contribution in [0, 0.1) is 5.92 Å². The molecule has 0 spiro atoms. The van der Waals surface area contributed by atoms with Crippen LogP contribution in [0.2, 0.25) is 0 Å². The van der Waals surface area contributed by atoms with Gasteiger partial charge in [0.1, 0.15) is 6.54 Å². The largest absolute Gasteiger partial charge is 0.372 e. The van der Waals surface area contributed by atoms with Gasteiger partial charge in [0.2, 0.25) is 11.8 Å². The summed E-state index contributed by atoms with van der Waals surface area (Å²) in [6.45, 7) is 9.14. The molecule has 8 nitrogen and oxygen atoms in total. The Labute approximate surface area is 160 Å². The summed E-state index contributed by atoms with van der Waals surface area (Å²) in [6.07, 6.45) is 4.06. The van der Waals surface area contributed by atoms with Gasteiger partial charge in [-0.15, -0.1) is 12.4 Å². The molecule has 4 atom stereocenters. The lowest BCUT2D eigenvalue weighted by Crippen LogP contribution is -2.49. The predicted molar refractivity (Wildman–Crippen MR) is 102 cm³/mol. The predicted octanol–water partition coefficient (Wildman–Crippen LogP) is 1.25. The third kappa shape index (κ3) is 5.96. The highest BCUT2D eigenvalue weighted by atomic mass is 35.5. The van der Waals surface area contributed by atoms with Crippen LogP contribution >= 0.6 is 12.4 Å². The van der Waals surface area contributed by atoms with Crippen LogP contribution in [-0.2, 0) is 20.9 Å². The minimum atomic E-state index is -0.564. The summed E-state index contributed by atoms with van der Waals surface area (Å²) in [5.41, 5.74) is 6.46. The summed E-state index contributed by atoms with van der Waals surface area (Å²) < 4.78 is 7.17. The van der Waals surface area contributed by atoms with Crippen molar-refractivity contribution in [2.24, 2.45) is 11.7 Å². The van der Waals surface area contributed by atoms with E-state index in [-0.39, 0.29) is 48.9 Å². The van der Waals surface area contributed by atoms with Crippen molar-refractivity contribution in [1.82, 2.24) is 14.7 Å². The van der Waals surface area contributed by atoms with Crippen molar-refractivity contribution < 1.29 is 14.3 Å². The fraction of sp³-hybridized carbons (Fsp3) is 0.706. The molecule has 2 rings (SSSR count). The van der Waals surface area contributed by atoms with Crippen molar-refractivity contribution in [2.45, 2.75) is 58.9 Å². The number of nitrogens with one attached hydrogen (secondary N) is 1. The summed E-state index contributed by atoms with van der Waals surface area (Å²) in [4.78, 5) is 26.3. The molecule has 1 fully saturated rings. The Kier molecular flexibility index (Phi) is 8.52. The first-order valence-corrected chi connectivity index (χ1v) is 8.82. The van der Waals surface area contributed by atoms with Crippen LogP contribution in [0.1, 0.15) is 34.1 Å². The third-order valence-corrected chi connectivity index (χ3v) is 4.53. The maximum Gasteiger partial charge on any atom is 0.244 e. The lowest BCUT2D eigenvalue weighted by atomic mass is 9.99. The second-order valence-corrected chi connectivity index (χ2v) is 6.88. The lowest BCUT2D eigenvalue weighted by Gasteiger charge is -2.35. The summed E-state index contributed by atoms with van der Waals surface area (Å²) in [5.74, 6) is -0.155. The second kappa shape index (κ2) is 9.89. The van der Waals surface area contributed by atoms with E-state index in [2.05, 4.69) is 10.4 Å². The zero-order valence-electron chi connectivity index (χ0n) is 15.8. The first-order valence-electron chi connectivity index (χ1n) is 8.82. The van der Waals surface area contributed by atoms with Crippen LogP contribution in [0.4, 0.5) is 5.69 Å². The smallest absolute Gasteiger partial charge is 0.244 e. The number of nitrogens with zero attached hydrogens (tertiary/aromatic N) is 3. The average molecular weight is 388 g/mol. The highest BCUT2D eigenvalue weighted by Crippen LogP contribution is 2.13. The number of ether oxygens (including phenoxy) is 1. The standard InChI is InChI=1S/C17H29N5O3.ClH/c1-5-11(2)16(18)17(24)20-14-6-19-22(9-14)10-15(23)21-7-12(3)25-13(4)8-21;/h6,9,11-13,16H,5,7-8,10,18H2,1-4H3,(H,20,24);1H. The molecule has 148 valence electrons. The zero-order chi connectivity index (χ0) is 18.6. The maximum atomic E-state index is 12.4. The zero-order valence-corrected chi connectivity index (χ0v) is 16.7. The van der Waals surface area contributed by atoms with E-state index in [9.17, 15) is 9.59 Å². The number of nitrogens with two attached hydrogens (primary N) is 1. The minimum Gasteiger partial charge on any atom is -0.372 e. The lowest BCUT2D eigenvalue weighted by molar-refractivity contribution is -0.144. The van der Waals surface area contributed by atoms with Crippen LogP contribution in [0.25, 0.3) is 0 Å². The summed E-state index contributed by atoms with van der Waals surface area (Å²) in [6, 6.07) is -0.564. The number of morpholine rings is 1. The van der Waals surface area contributed by atoms with E-state index in [0.29, 0.717) is 18.8 Å². The molecule has 0 radical (unpaired) electrons. The molecule has 0 saturated carbocycles. The molecule has 2 heterocycles. The van der Waals surface area contributed by atoms with E-state index in [1.807, 2.05) is 27.7 Å². The van der Waals surface area contributed by atoms with Gasteiger partial charge in [0.05, 0.1) is 30.1 Å². The van der Waals surface area contributed by atoms with E-state index in [4.69, 9.17) is 10.5 Å². The van der Waals surface area contributed by atoms with Gasteiger partial charge >= 0.3 is 0 Å². The van der Waals surface area contributed by atoms with Gasteiger partial charge in [-0.2, -0.15) is 5.10 Å². The summed E-state index contributed by atoms with van der Waals surface area (Å²) in [7, 11) is 0. The van der Waals surface area contributed by atoms with Gasteiger partial charge in [-0.1, -0.05) is 20.3 Å². The summed E-state index contributed by atoms with van der Waals surface area (Å²) >= 11 is 0. The van der Waals surface area contributed by atoms with Gasteiger partial charge in [-0.25, -0.2) is 0 Å². The van der Waals surface area contributed by atoms with Gasteiger partial charge in [0.15, 0.2) is 0 Å². The molecule has 1 aliphatic heterocycles. The van der Waals surface area contributed by atoms with Gasteiger partial charge < -0.3 is 20.7 Å². The molecule has 4 unspecified atom stereocenters. The molecular weight excluding hydrogens is 358 g/mol. The fourth-order valence-electron chi connectivity index (χ4n) is 2.87. The number of rotatable bonds is 6. The molecular formula is C17H30ClN5O3. The van der Waals surface area contributed by atoms with Crippen LogP contribution < -0.4 is 11.1 Å². The Morgan fingerprint density at radius 1 is 1.38 bits per heavy atom. The molecule has 0 aliphatic carbocycles. The molecule has 0 bridgehead atoms. The second-order valence-electron chi connectivity index (χ2n) is 6.88. The van der Waals surface area contributed by atoms with Crippen LogP contribution in [0.5, 0.6) is 0 Å². The first kappa shape index (κ1) is 22.4. The van der Waals surface area contributed by atoms with Crippen molar-refractivity contribution in [2.75, 3.05) is 18.4 Å². The van der Waals surface area contributed by atoms with Crippen molar-refractivity contribution in [3.05, 3.63) is 12.4 Å². The minimum absolute atomic E-state index is 0. The normalized spacial score (nSPS) is 22.3. The third-order valence-electron chi connectivity index (χ3n) is 4.53. The van der Waals surface area contributed by atoms with Gasteiger partial charge in [0, 0.05) is 19.3 Å². The van der Waals surface area contributed by atoms with Gasteiger partial charge in [0.25, 0.3) is 0 Å². The van der Waals surface area contributed by atoms with Crippen molar-refractivity contribution in [3.8, 4) is 0 Å². The Morgan fingerprint density at radius 3 is 2.58 bits per heavy atom. The van der Waals surface area contributed by atoms with Gasteiger partial charge in [-0.05, 0) is 19.8 Å². The van der Waals surface area contributed by atoms with E-state index < -0.39 is 6.04 Å². The quantitative estimate of drug-likeness (QED) is 0.764. The van der Waals surface area contributed by atoms with E-state index in [0.717, 1.165) is 6.42 Å². The molecule has 1 aliphatic rings. The molecule has 1 aromatic heterocycles. The number of amides is 2. The summed E-state index contributed by atoms with van der Waals surface area (Å²) in [5, 5.41) is 6.90. The number of anilines is 1. The van der Waals surface area contributed by atoms with Crippen LogP contribution in [0.15, 0.2) is 12.4 Å². The number of carbonyl (C=O) groups excluding carboxylic acids is 2. The SMILES string of the molecule is CCC(C)C(N)C(=O)Nc1cnn(CC(=O)N2CC(C)OC(C)C2)c1.Cl. The topological polar surface area (TPSA) is 102 Å². The molecule has 0 aromatic carbocycles.